The minimum atomic E-state index is 0.508. The predicted octanol–water partition coefficient (Wildman–Crippen LogP) is 2.64. The van der Waals surface area contributed by atoms with E-state index in [2.05, 4.69) is 27.4 Å². The topological polar surface area (TPSA) is 48.9 Å². The van der Waals surface area contributed by atoms with Gasteiger partial charge in [-0.3, -0.25) is 4.90 Å². The lowest BCUT2D eigenvalue weighted by atomic mass is 10.2. The van der Waals surface area contributed by atoms with Crippen LogP contribution in [-0.4, -0.2) is 55.7 Å². The van der Waals surface area contributed by atoms with E-state index < -0.39 is 0 Å². The van der Waals surface area contributed by atoms with Crippen molar-refractivity contribution in [1.29, 1.82) is 0 Å². The van der Waals surface area contributed by atoms with Gasteiger partial charge in [0.2, 0.25) is 0 Å². The molecule has 25 heavy (non-hydrogen) atoms. The summed E-state index contributed by atoms with van der Waals surface area (Å²) >= 11 is 0. The van der Waals surface area contributed by atoms with Crippen molar-refractivity contribution >= 4 is 5.96 Å². The molecule has 1 atom stereocenters. The van der Waals surface area contributed by atoms with Crippen LogP contribution in [0.15, 0.2) is 35.3 Å². The number of rotatable bonds is 7. The van der Waals surface area contributed by atoms with Gasteiger partial charge in [0.25, 0.3) is 0 Å². The molecule has 3 rings (SSSR count). The number of likely N-dealkylation sites (tertiary alicyclic amines) is 1. The Bertz CT molecular complexity index is 528. The molecule has 138 valence electrons. The summed E-state index contributed by atoms with van der Waals surface area (Å²) < 4.78 is 5.72. The summed E-state index contributed by atoms with van der Waals surface area (Å²) in [6.07, 6.45) is 6.80. The molecule has 2 N–H and O–H groups in total. The maximum atomic E-state index is 5.72. The first-order chi connectivity index (χ1) is 12.3. The number of ether oxygens (including phenoxy) is 1. The fourth-order valence-corrected chi connectivity index (χ4v) is 3.86. The molecule has 5 nitrogen and oxygen atoms in total. The number of nitrogens with zero attached hydrogens (tertiary/aromatic N) is 2. The summed E-state index contributed by atoms with van der Waals surface area (Å²) in [7, 11) is 0. The van der Waals surface area contributed by atoms with Crippen LogP contribution in [0.25, 0.3) is 0 Å². The Kier molecular flexibility index (Phi) is 6.98. The minimum absolute atomic E-state index is 0.508. The van der Waals surface area contributed by atoms with E-state index in [0.717, 1.165) is 30.8 Å². The molecule has 0 radical (unpaired) electrons. The van der Waals surface area contributed by atoms with Crippen molar-refractivity contribution in [3.8, 4) is 5.75 Å². The maximum absolute atomic E-state index is 5.72. The van der Waals surface area contributed by atoms with Crippen LogP contribution in [0.3, 0.4) is 0 Å². The van der Waals surface area contributed by atoms with Crippen molar-refractivity contribution in [1.82, 2.24) is 15.5 Å². The van der Waals surface area contributed by atoms with E-state index in [0.29, 0.717) is 19.2 Å². The highest BCUT2D eigenvalue weighted by molar-refractivity contribution is 5.80. The van der Waals surface area contributed by atoms with Crippen molar-refractivity contribution in [3.05, 3.63) is 30.3 Å². The van der Waals surface area contributed by atoms with Gasteiger partial charge in [0.05, 0.1) is 6.54 Å². The average Bonchev–Trinajstić information content (AvgIpc) is 3.31. The van der Waals surface area contributed by atoms with E-state index in [9.17, 15) is 0 Å². The minimum Gasteiger partial charge on any atom is -0.492 e. The Morgan fingerprint density at radius 1 is 1.20 bits per heavy atom. The molecule has 1 heterocycles. The predicted molar refractivity (Wildman–Crippen MR) is 103 cm³/mol. The Balaban J connectivity index is 1.42. The number of guanidine groups is 1. The molecule has 0 aromatic heterocycles. The molecule has 1 saturated heterocycles. The van der Waals surface area contributed by atoms with E-state index in [1.54, 1.807) is 0 Å². The van der Waals surface area contributed by atoms with Gasteiger partial charge in [0.15, 0.2) is 5.96 Å². The molecule has 0 bridgehead atoms. The smallest absolute Gasteiger partial charge is 0.191 e. The first kappa shape index (κ1) is 18.1. The first-order valence-electron chi connectivity index (χ1n) is 9.82. The summed E-state index contributed by atoms with van der Waals surface area (Å²) in [6, 6.07) is 11.3. The van der Waals surface area contributed by atoms with Crippen LogP contribution >= 0.6 is 0 Å². The lowest BCUT2D eigenvalue weighted by Crippen LogP contribution is -2.45. The highest BCUT2D eigenvalue weighted by Gasteiger charge is 2.30. The van der Waals surface area contributed by atoms with Crippen molar-refractivity contribution < 1.29 is 4.74 Å². The summed E-state index contributed by atoms with van der Waals surface area (Å²) in [5, 5.41) is 6.97. The van der Waals surface area contributed by atoms with E-state index in [-0.39, 0.29) is 0 Å². The Labute approximate surface area is 151 Å². The lowest BCUT2D eigenvalue weighted by molar-refractivity contribution is 0.242. The number of para-hydroxylation sites is 1. The number of hydrogen-bond acceptors (Lipinski definition) is 3. The highest BCUT2D eigenvalue weighted by atomic mass is 16.5. The number of hydrogen-bond donors (Lipinski definition) is 2. The van der Waals surface area contributed by atoms with Crippen LogP contribution in [-0.2, 0) is 0 Å². The average molecular weight is 345 g/mol. The van der Waals surface area contributed by atoms with Gasteiger partial charge in [0, 0.05) is 31.7 Å². The maximum Gasteiger partial charge on any atom is 0.191 e. The van der Waals surface area contributed by atoms with Crippen LogP contribution in [0.5, 0.6) is 5.75 Å². The molecule has 1 aromatic rings. The molecule has 1 aliphatic carbocycles. The van der Waals surface area contributed by atoms with Crippen LogP contribution in [0.1, 0.15) is 39.0 Å². The zero-order chi connectivity index (χ0) is 17.3. The normalized spacial score (nSPS) is 22.3. The van der Waals surface area contributed by atoms with Gasteiger partial charge in [-0.15, -0.1) is 0 Å². The standard InChI is InChI=1S/C20H32N4O/c1-2-21-20(22-13-15-25-19-10-4-3-5-11-19)23-17-12-14-24(16-17)18-8-6-7-9-18/h3-5,10-11,17-18H,2,6-9,12-16H2,1H3,(H2,21,22,23). The zero-order valence-corrected chi connectivity index (χ0v) is 15.4. The highest BCUT2D eigenvalue weighted by Crippen LogP contribution is 2.26. The molecule has 2 fully saturated rings. The zero-order valence-electron chi connectivity index (χ0n) is 15.4. The van der Waals surface area contributed by atoms with E-state index in [1.165, 1.54) is 38.6 Å². The summed E-state index contributed by atoms with van der Waals surface area (Å²) in [4.78, 5) is 7.34. The summed E-state index contributed by atoms with van der Waals surface area (Å²) in [5.41, 5.74) is 0. The van der Waals surface area contributed by atoms with Gasteiger partial charge in [-0.2, -0.15) is 0 Å². The van der Waals surface area contributed by atoms with E-state index >= 15 is 0 Å². The molecular weight excluding hydrogens is 312 g/mol. The monoisotopic (exact) mass is 344 g/mol. The van der Waals surface area contributed by atoms with Crippen molar-refractivity contribution in [2.45, 2.75) is 51.1 Å². The van der Waals surface area contributed by atoms with Gasteiger partial charge in [0.1, 0.15) is 12.4 Å². The van der Waals surface area contributed by atoms with E-state index in [1.807, 2.05) is 30.3 Å². The Morgan fingerprint density at radius 3 is 2.76 bits per heavy atom. The molecular formula is C20H32N4O. The fourth-order valence-electron chi connectivity index (χ4n) is 3.86. The van der Waals surface area contributed by atoms with Gasteiger partial charge < -0.3 is 15.4 Å². The van der Waals surface area contributed by atoms with Crippen LogP contribution in [0.4, 0.5) is 0 Å². The molecule has 5 heteroatoms. The van der Waals surface area contributed by atoms with Crippen LogP contribution in [0.2, 0.25) is 0 Å². The third kappa shape index (κ3) is 5.63. The fraction of sp³-hybridized carbons (Fsp3) is 0.650. The van der Waals surface area contributed by atoms with Crippen LogP contribution < -0.4 is 15.4 Å². The number of nitrogens with one attached hydrogen (secondary N) is 2. The molecule has 0 spiro atoms. The van der Waals surface area contributed by atoms with Gasteiger partial charge >= 0.3 is 0 Å². The van der Waals surface area contributed by atoms with Gasteiger partial charge in [-0.1, -0.05) is 31.0 Å². The second-order valence-electron chi connectivity index (χ2n) is 6.99. The first-order valence-corrected chi connectivity index (χ1v) is 9.82. The van der Waals surface area contributed by atoms with Gasteiger partial charge in [-0.25, -0.2) is 4.99 Å². The third-order valence-electron chi connectivity index (χ3n) is 5.12. The van der Waals surface area contributed by atoms with E-state index in [4.69, 9.17) is 4.74 Å². The molecule has 1 aromatic carbocycles. The number of aliphatic imine (C=N–C) groups is 1. The van der Waals surface area contributed by atoms with Crippen LogP contribution in [0, 0.1) is 0 Å². The third-order valence-corrected chi connectivity index (χ3v) is 5.12. The van der Waals surface area contributed by atoms with Gasteiger partial charge in [-0.05, 0) is 38.3 Å². The Morgan fingerprint density at radius 2 is 2.00 bits per heavy atom. The quantitative estimate of drug-likeness (QED) is 0.454. The second-order valence-corrected chi connectivity index (χ2v) is 6.99. The number of benzene rings is 1. The lowest BCUT2D eigenvalue weighted by Gasteiger charge is -2.24. The molecule has 1 aliphatic heterocycles. The molecule has 1 unspecified atom stereocenters. The molecule has 0 amide bonds. The van der Waals surface area contributed by atoms with Crippen molar-refractivity contribution in [2.24, 2.45) is 4.99 Å². The SMILES string of the molecule is CCNC(=NCCOc1ccccc1)NC1CCN(C2CCCC2)C1. The Hall–Kier alpha value is -1.75. The van der Waals surface area contributed by atoms with Crippen molar-refractivity contribution in [3.63, 3.8) is 0 Å². The molecule has 2 aliphatic rings. The summed E-state index contributed by atoms with van der Waals surface area (Å²) in [6.45, 7) is 6.61. The summed E-state index contributed by atoms with van der Waals surface area (Å²) in [5.74, 6) is 1.82. The second kappa shape index (κ2) is 9.66. The molecule has 1 saturated carbocycles. The largest absolute Gasteiger partial charge is 0.492 e. The van der Waals surface area contributed by atoms with Crippen molar-refractivity contribution in [2.75, 3.05) is 32.8 Å².